The van der Waals surface area contributed by atoms with E-state index in [0.717, 1.165) is 11.4 Å². The summed E-state index contributed by atoms with van der Waals surface area (Å²) in [6, 6.07) is 7.81. The van der Waals surface area contributed by atoms with Crippen LogP contribution in [0.1, 0.15) is 13.8 Å². The van der Waals surface area contributed by atoms with E-state index < -0.39 is 0 Å². The highest BCUT2D eigenvalue weighted by molar-refractivity contribution is 5.96. The molecule has 2 rings (SSSR count). The van der Waals surface area contributed by atoms with Crippen molar-refractivity contribution in [1.82, 2.24) is 5.53 Å². The molecular weight excluding hydrogens is 178 g/mol. The van der Waals surface area contributed by atoms with E-state index in [1.807, 2.05) is 43.5 Å². The van der Waals surface area contributed by atoms with Crippen LogP contribution in [0.15, 0.2) is 24.3 Å². The Morgan fingerprint density at radius 1 is 1.43 bits per heavy atom. The number of para-hydroxylation sites is 2. The van der Waals surface area contributed by atoms with Gasteiger partial charge >= 0.3 is 0 Å². The SMILES string of the molecule is CC(C)C(=O)N1N[NH2+]c2ccccc21. The molecule has 0 bridgehead atoms. The number of hydrogen-bond acceptors (Lipinski definition) is 2. The van der Waals surface area contributed by atoms with Gasteiger partial charge < -0.3 is 0 Å². The zero-order valence-electron chi connectivity index (χ0n) is 8.32. The first-order valence-corrected chi connectivity index (χ1v) is 4.72. The Kier molecular flexibility index (Phi) is 2.23. The third-order valence-corrected chi connectivity index (χ3v) is 2.24. The van der Waals surface area contributed by atoms with Gasteiger partial charge in [0.1, 0.15) is 5.69 Å². The molecule has 1 amide bonds. The van der Waals surface area contributed by atoms with E-state index in [4.69, 9.17) is 0 Å². The normalized spacial score (nSPS) is 14.6. The summed E-state index contributed by atoms with van der Waals surface area (Å²) >= 11 is 0. The molecule has 4 heteroatoms. The quantitative estimate of drug-likeness (QED) is 0.497. The van der Waals surface area contributed by atoms with E-state index >= 15 is 0 Å². The van der Waals surface area contributed by atoms with Crippen molar-refractivity contribution in [2.75, 3.05) is 5.01 Å². The van der Waals surface area contributed by atoms with Crippen molar-refractivity contribution < 1.29 is 10.2 Å². The number of amides is 1. The summed E-state index contributed by atoms with van der Waals surface area (Å²) in [7, 11) is 0. The number of nitrogens with two attached hydrogens (primary N) is 1. The highest BCUT2D eigenvalue weighted by Gasteiger charge is 2.28. The Bertz CT molecular complexity index is 362. The number of hydrogen-bond donors (Lipinski definition) is 2. The molecule has 1 aliphatic heterocycles. The van der Waals surface area contributed by atoms with E-state index in [1.54, 1.807) is 5.01 Å². The smallest absolute Gasteiger partial charge is 0.248 e. The average molecular weight is 192 g/mol. The lowest BCUT2D eigenvalue weighted by molar-refractivity contribution is -0.624. The topological polar surface area (TPSA) is 49.0 Å². The van der Waals surface area contributed by atoms with Crippen molar-refractivity contribution in [3.8, 4) is 0 Å². The Morgan fingerprint density at radius 3 is 2.86 bits per heavy atom. The Hall–Kier alpha value is -1.39. The van der Waals surface area contributed by atoms with Gasteiger partial charge in [-0.15, -0.1) is 0 Å². The van der Waals surface area contributed by atoms with Gasteiger partial charge in [-0.1, -0.05) is 31.5 Å². The fourth-order valence-electron chi connectivity index (χ4n) is 1.46. The second-order valence-electron chi connectivity index (χ2n) is 3.66. The van der Waals surface area contributed by atoms with E-state index in [0.29, 0.717) is 0 Å². The van der Waals surface area contributed by atoms with Gasteiger partial charge in [0, 0.05) is 12.0 Å². The van der Waals surface area contributed by atoms with Crippen molar-refractivity contribution >= 4 is 17.3 Å². The average Bonchev–Trinajstić information content (AvgIpc) is 2.60. The summed E-state index contributed by atoms with van der Waals surface area (Å²) in [4.78, 5) is 11.8. The predicted molar refractivity (Wildman–Crippen MR) is 53.5 cm³/mol. The van der Waals surface area contributed by atoms with Gasteiger partial charge in [0.15, 0.2) is 5.69 Å². The lowest BCUT2D eigenvalue weighted by Gasteiger charge is -2.14. The van der Waals surface area contributed by atoms with Crippen LogP contribution in [0.5, 0.6) is 0 Å². The number of nitrogens with one attached hydrogen (secondary N) is 1. The second kappa shape index (κ2) is 3.40. The maximum absolute atomic E-state index is 11.8. The fraction of sp³-hybridized carbons (Fsp3) is 0.300. The first kappa shape index (κ1) is 9.18. The zero-order valence-corrected chi connectivity index (χ0v) is 8.32. The molecule has 4 nitrogen and oxygen atoms in total. The first-order chi connectivity index (χ1) is 6.70. The van der Waals surface area contributed by atoms with Crippen molar-refractivity contribution in [2.45, 2.75) is 13.8 Å². The van der Waals surface area contributed by atoms with Crippen LogP contribution in [0, 0.1) is 5.92 Å². The molecular formula is C10H14N3O+. The van der Waals surface area contributed by atoms with Gasteiger partial charge in [-0.25, -0.2) is 5.43 Å². The van der Waals surface area contributed by atoms with Gasteiger partial charge in [0.2, 0.25) is 5.91 Å². The molecule has 1 aromatic carbocycles. The summed E-state index contributed by atoms with van der Waals surface area (Å²) in [5, 5.41) is 1.60. The molecule has 0 aliphatic carbocycles. The molecule has 3 N–H and O–H groups in total. The van der Waals surface area contributed by atoms with Crippen LogP contribution >= 0.6 is 0 Å². The molecule has 0 spiro atoms. The van der Waals surface area contributed by atoms with E-state index in [9.17, 15) is 4.79 Å². The molecule has 0 aromatic heterocycles. The molecule has 1 heterocycles. The molecule has 1 aromatic rings. The number of rotatable bonds is 1. The number of anilines is 1. The largest absolute Gasteiger partial charge is 0.273 e. The molecule has 0 saturated heterocycles. The summed E-state index contributed by atoms with van der Waals surface area (Å²) in [5.74, 6) is 0.0910. The van der Waals surface area contributed by atoms with Gasteiger partial charge in [0.25, 0.3) is 0 Å². The van der Waals surface area contributed by atoms with Crippen LogP contribution in [0.3, 0.4) is 0 Å². The van der Waals surface area contributed by atoms with Crippen LogP contribution < -0.4 is 16.0 Å². The Labute approximate surface area is 82.8 Å². The van der Waals surface area contributed by atoms with Crippen LogP contribution in [0.2, 0.25) is 0 Å². The van der Waals surface area contributed by atoms with Crippen LogP contribution in [-0.4, -0.2) is 5.91 Å². The third-order valence-electron chi connectivity index (χ3n) is 2.24. The van der Waals surface area contributed by atoms with Gasteiger partial charge in [-0.2, -0.15) is 5.01 Å². The number of quaternary nitrogens is 1. The van der Waals surface area contributed by atoms with Crippen molar-refractivity contribution in [3.05, 3.63) is 24.3 Å². The number of hydrazine groups is 1. The molecule has 1 aliphatic rings. The molecule has 0 radical (unpaired) electrons. The van der Waals surface area contributed by atoms with Gasteiger partial charge in [-0.05, 0) is 6.07 Å². The maximum atomic E-state index is 11.8. The molecule has 0 saturated carbocycles. The Balaban J connectivity index is 2.30. The number of carbonyl (C=O) groups excluding carboxylic acids is 1. The highest BCUT2D eigenvalue weighted by Crippen LogP contribution is 2.23. The monoisotopic (exact) mass is 192 g/mol. The number of carbonyl (C=O) groups is 1. The molecule has 0 unspecified atom stereocenters. The number of nitrogens with zero attached hydrogens (tertiary/aromatic N) is 1. The molecule has 74 valence electrons. The standard InChI is InChI=1S/C10H13N3O/c1-7(2)10(14)13-9-6-4-3-5-8(9)11-12-13/h3-7,11-12H,1-2H3/p+1. The highest BCUT2D eigenvalue weighted by atomic mass is 16.2. The second-order valence-corrected chi connectivity index (χ2v) is 3.66. The van der Waals surface area contributed by atoms with Crippen molar-refractivity contribution in [2.24, 2.45) is 5.92 Å². The summed E-state index contributed by atoms with van der Waals surface area (Å²) in [6.45, 7) is 3.79. The summed E-state index contributed by atoms with van der Waals surface area (Å²) in [6.07, 6.45) is 0. The fourth-order valence-corrected chi connectivity index (χ4v) is 1.46. The zero-order chi connectivity index (χ0) is 10.1. The first-order valence-electron chi connectivity index (χ1n) is 4.72. The molecule has 0 fully saturated rings. The van der Waals surface area contributed by atoms with Crippen LogP contribution in [-0.2, 0) is 4.79 Å². The molecule has 0 atom stereocenters. The van der Waals surface area contributed by atoms with Crippen LogP contribution in [0.4, 0.5) is 11.4 Å². The maximum Gasteiger partial charge on any atom is 0.248 e. The minimum absolute atomic E-state index is 0.00190. The third kappa shape index (κ3) is 1.38. The minimum atomic E-state index is 0.00190. The molecule has 14 heavy (non-hydrogen) atoms. The van der Waals surface area contributed by atoms with E-state index in [2.05, 4.69) is 5.53 Å². The van der Waals surface area contributed by atoms with E-state index in [1.165, 1.54) is 0 Å². The van der Waals surface area contributed by atoms with E-state index in [-0.39, 0.29) is 11.8 Å². The van der Waals surface area contributed by atoms with Crippen molar-refractivity contribution in [1.29, 1.82) is 0 Å². The minimum Gasteiger partial charge on any atom is -0.273 e. The van der Waals surface area contributed by atoms with Crippen molar-refractivity contribution in [3.63, 3.8) is 0 Å². The lowest BCUT2D eigenvalue weighted by Crippen LogP contribution is -2.88. The summed E-state index contributed by atoms with van der Waals surface area (Å²) in [5.41, 5.74) is 6.80. The lowest BCUT2D eigenvalue weighted by atomic mass is 10.2. The summed E-state index contributed by atoms with van der Waals surface area (Å²) < 4.78 is 0. The Morgan fingerprint density at radius 2 is 2.14 bits per heavy atom. The number of benzene rings is 1. The van der Waals surface area contributed by atoms with Gasteiger partial charge in [0.05, 0.1) is 0 Å². The van der Waals surface area contributed by atoms with Crippen LogP contribution in [0.25, 0.3) is 0 Å². The predicted octanol–water partition coefficient (Wildman–Crippen LogP) is 0.304. The number of fused-ring (bicyclic) bond motifs is 1. The van der Waals surface area contributed by atoms with Gasteiger partial charge in [-0.3, -0.25) is 4.79 Å².